The number of hydrogen-bond donors (Lipinski definition) is 1. The van der Waals surface area contributed by atoms with Crippen LogP contribution in [0.25, 0.3) is 0 Å². The van der Waals surface area contributed by atoms with Crippen molar-refractivity contribution in [3.63, 3.8) is 0 Å². The maximum absolute atomic E-state index is 13.1. The van der Waals surface area contributed by atoms with Crippen molar-refractivity contribution in [3.05, 3.63) is 28.8 Å². The van der Waals surface area contributed by atoms with Crippen LogP contribution in [0.5, 0.6) is 0 Å². The zero-order chi connectivity index (χ0) is 14.5. The normalized spacial score (nSPS) is 16.4. The Labute approximate surface area is 121 Å². The van der Waals surface area contributed by atoms with Crippen molar-refractivity contribution >= 4 is 17.5 Å². The minimum Gasteiger partial charge on any atom is -0.394 e. The number of aliphatic hydroxyl groups is 1. The summed E-state index contributed by atoms with van der Waals surface area (Å²) in [5.74, 6) is -0.901. The van der Waals surface area contributed by atoms with Gasteiger partial charge in [0.1, 0.15) is 11.0 Å². The summed E-state index contributed by atoms with van der Waals surface area (Å²) >= 11 is 5.83. The fourth-order valence-electron chi connectivity index (χ4n) is 2.19. The van der Waals surface area contributed by atoms with Crippen molar-refractivity contribution in [1.82, 2.24) is 9.88 Å². The molecule has 1 aliphatic heterocycles. The van der Waals surface area contributed by atoms with Gasteiger partial charge in [0.05, 0.1) is 31.1 Å². The zero-order valence-corrected chi connectivity index (χ0v) is 11.6. The molecule has 2 rings (SSSR count). The third-order valence-electron chi connectivity index (χ3n) is 3.21. The first-order chi connectivity index (χ1) is 9.61. The van der Waals surface area contributed by atoms with Crippen LogP contribution in [0.15, 0.2) is 12.3 Å². The van der Waals surface area contributed by atoms with Gasteiger partial charge in [-0.2, -0.15) is 0 Å². The molecule has 0 bridgehead atoms. The second-order valence-electron chi connectivity index (χ2n) is 4.58. The van der Waals surface area contributed by atoms with Crippen LogP contribution in [0.3, 0.4) is 0 Å². The van der Waals surface area contributed by atoms with Crippen LogP contribution in [-0.2, 0) is 4.74 Å². The molecule has 1 fully saturated rings. The number of rotatable bonds is 4. The first-order valence-electron chi connectivity index (χ1n) is 6.44. The van der Waals surface area contributed by atoms with Gasteiger partial charge in [0.25, 0.3) is 5.91 Å². The van der Waals surface area contributed by atoms with Gasteiger partial charge in [-0.15, -0.1) is 0 Å². The lowest BCUT2D eigenvalue weighted by Gasteiger charge is -2.32. The average molecular weight is 303 g/mol. The van der Waals surface area contributed by atoms with Crippen molar-refractivity contribution < 1.29 is 19.0 Å². The smallest absolute Gasteiger partial charge is 0.257 e. The summed E-state index contributed by atoms with van der Waals surface area (Å²) in [5, 5.41) is 8.70. The summed E-state index contributed by atoms with van der Waals surface area (Å²) in [6.07, 6.45) is 2.40. The van der Waals surface area contributed by atoms with Crippen LogP contribution in [0.4, 0.5) is 4.39 Å². The molecule has 0 unspecified atom stereocenters. The summed E-state index contributed by atoms with van der Waals surface area (Å²) < 4.78 is 18.6. The first-order valence-corrected chi connectivity index (χ1v) is 6.82. The van der Waals surface area contributed by atoms with Crippen LogP contribution in [0.2, 0.25) is 5.15 Å². The molecule has 0 atom stereocenters. The van der Waals surface area contributed by atoms with E-state index in [9.17, 15) is 9.18 Å². The number of pyridine rings is 1. The van der Waals surface area contributed by atoms with E-state index in [2.05, 4.69) is 4.98 Å². The molecule has 0 saturated carbocycles. The van der Waals surface area contributed by atoms with E-state index >= 15 is 0 Å². The number of ether oxygens (including phenoxy) is 1. The predicted octanol–water partition coefficient (Wildman–Crippen LogP) is 1.49. The summed E-state index contributed by atoms with van der Waals surface area (Å²) in [6, 6.07) is 1.10. The zero-order valence-electron chi connectivity index (χ0n) is 10.9. The molecule has 110 valence electrons. The molecule has 1 N–H and O–H groups in total. The number of aliphatic hydroxyl groups excluding tert-OH is 1. The average Bonchev–Trinajstić information content (AvgIpc) is 2.47. The molecule has 0 spiro atoms. The minimum atomic E-state index is -0.584. The summed E-state index contributed by atoms with van der Waals surface area (Å²) in [4.78, 5) is 17.5. The van der Waals surface area contributed by atoms with Crippen LogP contribution in [-0.4, -0.2) is 53.3 Å². The molecular weight excluding hydrogens is 287 g/mol. The molecule has 0 aliphatic carbocycles. The van der Waals surface area contributed by atoms with Crippen LogP contribution >= 0.6 is 11.6 Å². The van der Waals surface area contributed by atoms with E-state index in [1.54, 1.807) is 4.90 Å². The summed E-state index contributed by atoms with van der Waals surface area (Å²) in [5.41, 5.74) is 0.0846. The minimum absolute atomic E-state index is 0.00931. The number of nitrogens with zero attached hydrogens (tertiary/aromatic N) is 2. The predicted molar refractivity (Wildman–Crippen MR) is 71.2 cm³/mol. The lowest BCUT2D eigenvalue weighted by Crippen LogP contribution is -2.41. The largest absolute Gasteiger partial charge is 0.394 e. The van der Waals surface area contributed by atoms with Crippen LogP contribution in [0.1, 0.15) is 23.2 Å². The van der Waals surface area contributed by atoms with E-state index in [0.717, 1.165) is 12.3 Å². The number of likely N-dealkylation sites (tertiary alicyclic amines) is 1. The van der Waals surface area contributed by atoms with Gasteiger partial charge in [0, 0.05) is 13.1 Å². The van der Waals surface area contributed by atoms with Gasteiger partial charge in [-0.05, 0) is 18.9 Å². The topological polar surface area (TPSA) is 62.7 Å². The second-order valence-corrected chi connectivity index (χ2v) is 4.94. The Balaban J connectivity index is 1.96. The molecule has 20 heavy (non-hydrogen) atoms. The van der Waals surface area contributed by atoms with Gasteiger partial charge in [0.15, 0.2) is 0 Å². The highest BCUT2D eigenvalue weighted by Gasteiger charge is 2.25. The molecule has 1 aromatic rings. The molecule has 0 aromatic carbocycles. The SMILES string of the molecule is O=C(c1cc(F)cnc1Cl)N1CCC(OCCO)CC1. The van der Waals surface area contributed by atoms with E-state index in [4.69, 9.17) is 21.4 Å². The Morgan fingerprint density at radius 3 is 2.90 bits per heavy atom. The van der Waals surface area contributed by atoms with Crippen LogP contribution in [0, 0.1) is 5.82 Å². The van der Waals surface area contributed by atoms with Crippen molar-refractivity contribution in [1.29, 1.82) is 0 Å². The number of hydrogen-bond acceptors (Lipinski definition) is 4. The number of carbonyl (C=O) groups is 1. The summed E-state index contributed by atoms with van der Waals surface area (Å²) in [6.45, 7) is 1.32. The summed E-state index contributed by atoms with van der Waals surface area (Å²) in [7, 11) is 0. The third kappa shape index (κ3) is 3.65. The number of carbonyl (C=O) groups excluding carboxylic acids is 1. The van der Waals surface area contributed by atoms with Crippen LogP contribution < -0.4 is 0 Å². The number of halogens is 2. The lowest BCUT2D eigenvalue weighted by atomic mass is 10.1. The maximum atomic E-state index is 13.1. The third-order valence-corrected chi connectivity index (χ3v) is 3.51. The Morgan fingerprint density at radius 1 is 1.55 bits per heavy atom. The van der Waals surface area contributed by atoms with Gasteiger partial charge in [-0.3, -0.25) is 4.79 Å². The van der Waals surface area contributed by atoms with E-state index in [-0.39, 0.29) is 29.3 Å². The lowest BCUT2D eigenvalue weighted by molar-refractivity contribution is -0.00555. The fourth-order valence-corrected chi connectivity index (χ4v) is 2.37. The molecule has 1 amide bonds. The quantitative estimate of drug-likeness (QED) is 0.856. The number of aromatic nitrogens is 1. The monoisotopic (exact) mass is 302 g/mol. The van der Waals surface area contributed by atoms with E-state index in [1.807, 2.05) is 0 Å². The molecule has 7 heteroatoms. The fraction of sp³-hybridized carbons (Fsp3) is 0.538. The van der Waals surface area contributed by atoms with Gasteiger partial charge >= 0.3 is 0 Å². The molecule has 0 radical (unpaired) electrons. The van der Waals surface area contributed by atoms with Crippen molar-refractivity contribution in [3.8, 4) is 0 Å². The standard InChI is InChI=1S/C13H16ClFN2O3/c14-12-11(7-9(15)8-16-12)13(19)17-3-1-10(2-4-17)20-6-5-18/h7-8,10,18H,1-6H2. The molecule has 2 heterocycles. The molecular formula is C13H16ClFN2O3. The highest BCUT2D eigenvalue weighted by molar-refractivity contribution is 6.32. The van der Waals surface area contributed by atoms with Crippen molar-refractivity contribution in [2.75, 3.05) is 26.3 Å². The molecule has 1 saturated heterocycles. The van der Waals surface area contributed by atoms with E-state index in [1.165, 1.54) is 0 Å². The van der Waals surface area contributed by atoms with E-state index < -0.39 is 5.82 Å². The molecule has 1 aromatic heterocycles. The van der Waals surface area contributed by atoms with E-state index in [0.29, 0.717) is 32.5 Å². The first kappa shape index (κ1) is 15.2. The van der Waals surface area contributed by atoms with Crippen molar-refractivity contribution in [2.24, 2.45) is 0 Å². The van der Waals surface area contributed by atoms with Gasteiger partial charge in [-0.1, -0.05) is 11.6 Å². The Kier molecular flexibility index (Phi) is 5.28. The Bertz CT molecular complexity index is 479. The molecule has 1 aliphatic rings. The Morgan fingerprint density at radius 2 is 2.25 bits per heavy atom. The van der Waals surface area contributed by atoms with Gasteiger partial charge in [-0.25, -0.2) is 9.37 Å². The highest BCUT2D eigenvalue weighted by atomic mass is 35.5. The maximum Gasteiger partial charge on any atom is 0.257 e. The van der Waals surface area contributed by atoms with Gasteiger partial charge in [0.2, 0.25) is 0 Å². The second kappa shape index (κ2) is 6.97. The Hall–Kier alpha value is -1.24. The van der Waals surface area contributed by atoms with Crippen molar-refractivity contribution in [2.45, 2.75) is 18.9 Å². The number of amides is 1. The highest BCUT2D eigenvalue weighted by Crippen LogP contribution is 2.20. The molecule has 5 nitrogen and oxygen atoms in total. The number of piperidine rings is 1. The van der Waals surface area contributed by atoms with Gasteiger partial charge < -0.3 is 14.7 Å².